The number of ketones is 1. The normalized spacial score (nSPS) is 23.9. The molecule has 0 amide bonds. The van der Waals surface area contributed by atoms with Crippen molar-refractivity contribution in [1.82, 2.24) is 0 Å². The first-order valence-corrected chi connectivity index (χ1v) is 3.85. The quantitative estimate of drug-likeness (QED) is 0.641. The molecule has 0 aliphatic heterocycles. The van der Waals surface area contributed by atoms with E-state index in [2.05, 4.69) is 0 Å². The van der Waals surface area contributed by atoms with Crippen LogP contribution in [0.5, 0.6) is 0 Å². The Bertz CT molecular complexity index is 145. The van der Waals surface area contributed by atoms with Crippen molar-refractivity contribution in [2.45, 2.75) is 39.2 Å². The fourth-order valence-corrected chi connectivity index (χ4v) is 1.42. The van der Waals surface area contributed by atoms with Gasteiger partial charge in [0.15, 0.2) is 0 Å². The zero-order valence-electron chi connectivity index (χ0n) is 6.55. The van der Waals surface area contributed by atoms with Crippen molar-refractivity contribution in [1.29, 1.82) is 0 Å². The molecule has 1 saturated carbocycles. The number of rotatable bonds is 3. The summed E-state index contributed by atoms with van der Waals surface area (Å²) in [6, 6.07) is 0. The molecule has 1 atom stereocenters. The van der Waals surface area contributed by atoms with Gasteiger partial charge in [0.2, 0.25) is 0 Å². The van der Waals surface area contributed by atoms with E-state index >= 15 is 0 Å². The molecule has 0 spiro atoms. The molecule has 58 valence electrons. The molecule has 1 aliphatic carbocycles. The Morgan fingerprint density at radius 2 is 2.20 bits per heavy atom. The summed E-state index contributed by atoms with van der Waals surface area (Å²) in [7, 11) is 0. The van der Waals surface area contributed by atoms with Crippen LogP contribution in [0.25, 0.3) is 0 Å². The van der Waals surface area contributed by atoms with Gasteiger partial charge in [0.05, 0.1) is 11.5 Å². The third kappa shape index (κ3) is 0.966. The van der Waals surface area contributed by atoms with Gasteiger partial charge in [-0.05, 0) is 19.8 Å². The summed E-state index contributed by atoms with van der Waals surface area (Å²) in [5.74, 6) is 0.225. The molecule has 0 aromatic heterocycles. The molecule has 0 bridgehead atoms. The highest BCUT2D eigenvalue weighted by Gasteiger charge is 2.52. The van der Waals surface area contributed by atoms with Gasteiger partial charge in [0.25, 0.3) is 0 Å². The van der Waals surface area contributed by atoms with E-state index in [1.165, 1.54) is 0 Å². The monoisotopic (exact) mass is 142 g/mol. The number of aliphatic hydroxyl groups excluding tert-OH is 1. The lowest BCUT2D eigenvalue weighted by atomic mass is 9.93. The van der Waals surface area contributed by atoms with Crippen LogP contribution in [-0.4, -0.2) is 17.0 Å². The van der Waals surface area contributed by atoms with Crippen LogP contribution < -0.4 is 0 Å². The van der Waals surface area contributed by atoms with Crippen LogP contribution in [-0.2, 0) is 4.79 Å². The van der Waals surface area contributed by atoms with Crippen LogP contribution in [0.1, 0.15) is 33.1 Å². The molecular weight excluding hydrogens is 128 g/mol. The first kappa shape index (κ1) is 7.73. The summed E-state index contributed by atoms with van der Waals surface area (Å²) in [6.07, 6.45) is 1.89. The van der Waals surface area contributed by atoms with Crippen molar-refractivity contribution >= 4 is 5.78 Å². The third-order valence-electron chi connectivity index (χ3n) is 2.46. The van der Waals surface area contributed by atoms with Gasteiger partial charge >= 0.3 is 0 Å². The van der Waals surface area contributed by atoms with E-state index in [1.54, 1.807) is 6.92 Å². The van der Waals surface area contributed by atoms with Crippen molar-refractivity contribution < 1.29 is 9.90 Å². The second kappa shape index (κ2) is 2.35. The largest absolute Gasteiger partial charge is 0.392 e. The minimum Gasteiger partial charge on any atom is -0.392 e. The number of Topliss-reactive ketones (excluding diaryl/α,β-unsaturated/α-hetero) is 1. The van der Waals surface area contributed by atoms with E-state index < -0.39 is 6.10 Å². The molecular formula is C8H14O2. The third-order valence-corrected chi connectivity index (χ3v) is 2.46. The maximum absolute atomic E-state index is 11.2. The summed E-state index contributed by atoms with van der Waals surface area (Å²) in [4.78, 5) is 11.2. The predicted molar refractivity (Wildman–Crippen MR) is 38.6 cm³/mol. The molecule has 2 heteroatoms. The summed E-state index contributed by atoms with van der Waals surface area (Å²) in [6.45, 7) is 3.56. The molecule has 0 aromatic carbocycles. The lowest BCUT2D eigenvalue weighted by Crippen LogP contribution is -2.26. The average Bonchev–Trinajstić information content (AvgIpc) is 2.65. The summed E-state index contributed by atoms with van der Waals surface area (Å²) in [5, 5.41) is 9.22. The Kier molecular flexibility index (Phi) is 1.82. The second-order valence-electron chi connectivity index (χ2n) is 3.11. The smallest absolute Gasteiger partial charge is 0.141 e. The van der Waals surface area contributed by atoms with Gasteiger partial charge in [-0.2, -0.15) is 0 Å². The first-order valence-electron chi connectivity index (χ1n) is 3.85. The molecule has 1 unspecified atom stereocenters. The minimum absolute atomic E-state index is 0.225. The van der Waals surface area contributed by atoms with Gasteiger partial charge in [-0.25, -0.2) is 0 Å². The summed E-state index contributed by atoms with van der Waals surface area (Å²) in [5.41, 5.74) is -0.325. The maximum Gasteiger partial charge on any atom is 0.141 e. The van der Waals surface area contributed by atoms with Crippen LogP contribution in [0.15, 0.2) is 0 Å². The zero-order chi connectivity index (χ0) is 7.78. The number of carbonyl (C=O) groups is 1. The van der Waals surface area contributed by atoms with Crippen molar-refractivity contribution in [2.75, 3.05) is 0 Å². The zero-order valence-corrected chi connectivity index (χ0v) is 6.55. The van der Waals surface area contributed by atoms with Gasteiger partial charge in [-0.3, -0.25) is 4.79 Å². The Morgan fingerprint density at radius 3 is 2.30 bits per heavy atom. The van der Waals surface area contributed by atoms with Gasteiger partial charge in [0.1, 0.15) is 5.78 Å². The molecule has 1 N–H and O–H groups in total. The lowest BCUT2D eigenvalue weighted by Gasteiger charge is -2.15. The van der Waals surface area contributed by atoms with Crippen molar-refractivity contribution in [2.24, 2.45) is 5.41 Å². The maximum atomic E-state index is 11.2. The highest BCUT2D eigenvalue weighted by molar-refractivity contribution is 5.87. The highest BCUT2D eigenvalue weighted by Crippen LogP contribution is 2.50. The molecule has 0 heterocycles. The Hall–Kier alpha value is -0.370. The minimum atomic E-state index is -0.444. The highest BCUT2D eigenvalue weighted by atomic mass is 16.3. The van der Waals surface area contributed by atoms with Gasteiger partial charge in [-0.1, -0.05) is 6.92 Å². The Balaban J connectivity index is 2.60. The van der Waals surface area contributed by atoms with E-state index in [4.69, 9.17) is 0 Å². The molecule has 1 fully saturated rings. The predicted octanol–water partition coefficient (Wildman–Crippen LogP) is 1.13. The number of carbonyl (C=O) groups excluding carboxylic acids is 1. The first-order chi connectivity index (χ1) is 4.63. The molecule has 2 nitrogen and oxygen atoms in total. The molecule has 0 saturated heterocycles. The van der Waals surface area contributed by atoms with E-state index in [0.29, 0.717) is 6.42 Å². The van der Waals surface area contributed by atoms with Crippen LogP contribution in [0.2, 0.25) is 0 Å². The van der Waals surface area contributed by atoms with E-state index in [-0.39, 0.29) is 11.2 Å². The van der Waals surface area contributed by atoms with Gasteiger partial charge in [0, 0.05) is 6.42 Å². The van der Waals surface area contributed by atoms with Crippen molar-refractivity contribution in [3.63, 3.8) is 0 Å². The molecule has 10 heavy (non-hydrogen) atoms. The van der Waals surface area contributed by atoms with Crippen LogP contribution in [0.3, 0.4) is 0 Å². The van der Waals surface area contributed by atoms with E-state index in [9.17, 15) is 9.90 Å². The van der Waals surface area contributed by atoms with Crippen LogP contribution in [0, 0.1) is 5.41 Å². The molecule has 1 rings (SSSR count). The summed E-state index contributed by atoms with van der Waals surface area (Å²) >= 11 is 0. The fraction of sp³-hybridized carbons (Fsp3) is 0.875. The standard InChI is InChI=1S/C8H14O2/c1-3-7(10)8(4-5-8)6(2)9/h6,9H,3-5H2,1-2H3. The van der Waals surface area contributed by atoms with Crippen molar-refractivity contribution in [3.8, 4) is 0 Å². The molecule has 1 aliphatic rings. The van der Waals surface area contributed by atoms with Crippen LogP contribution in [0.4, 0.5) is 0 Å². The number of aliphatic hydroxyl groups is 1. The fourth-order valence-electron chi connectivity index (χ4n) is 1.42. The average molecular weight is 142 g/mol. The Morgan fingerprint density at radius 1 is 1.70 bits per heavy atom. The number of hydrogen-bond acceptors (Lipinski definition) is 2. The van der Waals surface area contributed by atoms with E-state index in [0.717, 1.165) is 12.8 Å². The van der Waals surface area contributed by atoms with Crippen molar-refractivity contribution in [3.05, 3.63) is 0 Å². The van der Waals surface area contributed by atoms with Gasteiger partial charge in [-0.15, -0.1) is 0 Å². The van der Waals surface area contributed by atoms with Gasteiger partial charge < -0.3 is 5.11 Å². The van der Waals surface area contributed by atoms with E-state index in [1.807, 2.05) is 6.92 Å². The number of hydrogen-bond donors (Lipinski definition) is 1. The SMILES string of the molecule is CCC(=O)C1(C(C)O)CC1. The Labute approximate surface area is 61.2 Å². The topological polar surface area (TPSA) is 37.3 Å². The van der Waals surface area contributed by atoms with Crippen LogP contribution >= 0.6 is 0 Å². The lowest BCUT2D eigenvalue weighted by molar-refractivity contribution is -0.127. The molecule has 0 radical (unpaired) electrons. The second-order valence-corrected chi connectivity index (χ2v) is 3.11. The summed E-state index contributed by atoms with van der Waals surface area (Å²) < 4.78 is 0. The molecule has 0 aromatic rings.